The summed E-state index contributed by atoms with van der Waals surface area (Å²) in [6, 6.07) is 11.0. The Hall–Kier alpha value is -0.820. The highest BCUT2D eigenvalue weighted by molar-refractivity contribution is 5.34. The van der Waals surface area contributed by atoms with Crippen LogP contribution in [0.5, 0.6) is 0 Å². The molecule has 2 atom stereocenters. The van der Waals surface area contributed by atoms with E-state index >= 15 is 0 Å². The molecule has 1 heteroatoms. The van der Waals surface area contributed by atoms with Crippen LogP contribution in [0, 0.1) is 5.92 Å². The van der Waals surface area contributed by atoms with Crippen molar-refractivity contribution in [2.75, 3.05) is 13.1 Å². The maximum Gasteiger partial charge on any atom is 0.0109 e. The molecule has 1 fully saturated rings. The van der Waals surface area contributed by atoms with Crippen LogP contribution in [0.3, 0.4) is 0 Å². The maximum absolute atomic E-state index is 3.51. The number of benzene rings is 1. The van der Waals surface area contributed by atoms with Crippen LogP contribution in [0.4, 0.5) is 0 Å². The van der Waals surface area contributed by atoms with E-state index in [-0.39, 0.29) is 0 Å². The van der Waals surface area contributed by atoms with Crippen molar-refractivity contribution in [3.05, 3.63) is 35.9 Å². The third-order valence-electron chi connectivity index (χ3n) is 3.76. The first-order valence-electron chi connectivity index (χ1n) is 6.09. The van der Waals surface area contributed by atoms with Gasteiger partial charge in [-0.3, -0.25) is 0 Å². The largest absolute Gasteiger partial charge is 0.316 e. The zero-order valence-corrected chi connectivity index (χ0v) is 9.79. The van der Waals surface area contributed by atoms with E-state index in [1.165, 1.54) is 18.4 Å². The van der Waals surface area contributed by atoms with Crippen LogP contribution in [-0.2, 0) is 5.41 Å². The van der Waals surface area contributed by atoms with Gasteiger partial charge in [0, 0.05) is 12.0 Å². The zero-order valence-electron chi connectivity index (χ0n) is 9.79. The van der Waals surface area contributed by atoms with Gasteiger partial charge in [0.2, 0.25) is 0 Å². The molecule has 1 aromatic carbocycles. The van der Waals surface area contributed by atoms with Crippen LogP contribution in [0.25, 0.3) is 0 Å². The Bertz CT molecular complexity index is 306. The molecule has 1 aliphatic rings. The van der Waals surface area contributed by atoms with E-state index in [0.29, 0.717) is 5.41 Å². The molecular weight excluding hydrogens is 182 g/mol. The summed E-state index contributed by atoms with van der Waals surface area (Å²) in [7, 11) is 0. The minimum Gasteiger partial charge on any atom is -0.316 e. The minimum atomic E-state index is 0.450. The van der Waals surface area contributed by atoms with E-state index in [0.717, 1.165) is 19.0 Å². The van der Waals surface area contributed by atoms with E-state index in [1.54, 1.807) is 0 Å². The molecule has 0 saturated heterocycles. The summed E-state index contributed by atoms with van der Waals surface area (Å²) in [6.45, 7) is 6.71. The van der Waals surface area contributed by atoms with Crippen LogP contribution >= 0.6 is 0 Å². The highest BCUT2D eigenvalue weighted by Crippen LogP contribution is 2.55. The van der Waals surface area contributed by atoms with Gasteiger partial charge in [-0.25, -0.2) is 0 Å². The quantitative estimate of drug-likeness (QED) is 0.776. The Morgan fingerprint density at radius 1 is 1.27 bits per heavy atom. The smallest absolute Gasteiger partial charge is 0.0109 e. The number of rotatable bonds is 5. The van der Waals surface area contributed by atoms with Gasteiger partial charge in [-0.15, -0.1) is 0 Å². The highest BCUT2D eigenvalue weighted by Gasteiger charge is 2.53. The lowest BCUT2D eigenvalue weighted by molar-refractivity contribution is 0.534. The Kier molecular flexibility index (Phi) is 3.11. The monoisotopic (exact) mass is 203 g/mol. The number of likely N-dealkylation sites (N-methyl/N-ethyl adjacent to an activating group) is 1. The van der Waals surface area contributed by atoms with Crippen molar-refractivity contribution in [3.63, 3.8) is 0 Å². The van der Waals surface area contributed by atoms with E-state index in [9.17, 15) is 0 Å². The first kappa shape index (κ1) is 10.7. The van der Waals surface area contributed by atoms with Crippen molar-refractivity contribution in [2.24, 2.45) is 5.92 Å². The minimum absolute atomic E-state index is 0.450. The first-order valence-corrected chi connectivity index (χ1v) is 6.09. The average Bonchev–Trinajstić information content (AvgIpc) is 3.03. The standard InChI is InChI=1S/C14H21N/c1-3-12-10-14(12,11-15-4-2)13-8-6-5-7-9-13/h5-9,12,15H,3-4,10-11H2,1-2H3. The molecule has 0 amide bonds. The van der Waals surface area contributed by atoms with Gasteiger partial charge in [-0.05, 0) is 24.4 Å². The van der Waals surface area contributed by atoms with Crippen LogP contribution in [0.2, 0.25) is 0 Å². The van der Waals surface area contributed by atoms with Crippen molar-refractivity contribution in [3.8, 4) is 0 Å². The summed E-state index contributed by atoms with van der Waals surface area (Å²) in [6.07, 6.45) is 2.67. The van der Waals surface area contributed by atoms with Crippen LogP contribution in [-0.4, -0.2) is 13.1 Å². The van der Waals surface area contributed by atoms with E-state index in [1.807, 2.05) is 0 Å². The lowest BCUT2D eigenvalue weighted by Crippen LogP contribution is -2.28. The summed E-state index contributed by atoms with van der Waals surface area (Å²) in [5, 5.41) is 3.51. The van der Waals surface area contributed by atoms with Crippen LogP contribution < -0.4 is 5.32 Å². The third kappa shape index (κ3) is 1.93. The Morgan fingerprint density at radius 3 is 2.53 bits per heavy atom. The van der Waals surface area contributed by atoms with Crippen molar-refractivity contribution >= 4 is 0 Å². The number of nitrogens with one attached hydrogen (secondary N) is 1. The van der Waals surface area contributed by atoms with Gasteiger partial charge in [0.25, 0.3) is 0 Å². The zero-order chi connectivity index (χ0) is 10.7. The van der Waals surface area contributed by atoms with Gasteiger partial charge in [0.15, 0.2) is 0 Å². The molecule has 1 nitrogen and oxygen atoms in total. The molecule has 2 rings (SSSR count). The number of hydrogen-bond acceptors (Lipinski definition) is 1. The van der Waals surface area contributed by atoms with Crippen LogP contribution in [0.1, 0.15) is 32.3 Å². The fourth-order valence-electron chi connectivity index (χ4n) is 2.71. The summed E-state index contributed by atoms with van der Waals surface area (Å²) in [5.74, 6) is 0.888. The molecule has 1 aromatic rings. The van der Waals surface area contributed by atoms with E-state index in [4.69, 9.17) is 0 Å². The second-order valence-electron chi connectivity index (χ2n) is 4.61. The molecule has 0 aromatic heterocycles. The molecule has 0 heterocycles. The Balaban J connectivity index is 2.15. The molecule has 1 saturated carbocycles. The molecule has 0 spiro atoms. The fraction of sp³-hybridized carbons (Fsp3) is 0.571. The lowest BCUT2D eigenvalue weighted by Gasteiger charge is -2.18. The predicted molar refractivity (Wildman–Crippen MR) is 65.1 cm³/mol. The van der Waals surface area contributed by atoms with Gasteiger partial charge in [-0.1, -0.05) is 50.6 Å². The van der Waals surface area contributed by atoms with Crippen molar-refractivity contribution in [1.29, 1.82) is 0 Å². The Morgan fingerprint density at radius 2 is 2.00 bits per heavy atom. The van der Waals surface area contributed by atoms with Gasteiger partial charge in [0.1, 0.15) is 0 Å². The molecule has 82 valence electrons. The van der Waals surface area contributed by atoms with Crippen molar-refractivity contribution < 1.29 is 0 Å². The first-order chi connectivity index (χ1) is 7.33. The molecule has 1 aliphatic carbocycles. The van der Waals surface area contributed by atoms with Gasteiger partial charge in [0.05, 0.1) is 0 Å². The summed E-state index contributed by atoms with van der Waals surface area (Å²) < 4.78 is 0. The summed E-state index contributed by atoms with van der Waals surface area (Å²) in [4.78, 5) is 0. The summed E-state index contributed by atoms with van der Waals surface area (Å²) >= 11 is 0. The average molecular weight is 203 g/mol. The topological polar surface area (TPSA) is 12.0 Å². The van der Waals surface area contributed by atoms with Crippen molar-refractivity contribution in [2.45, 2.75) is 32.1 Å². The fourth-order valence-corrected chi connectivity index (χ4v) is 2.71. The molecule has 1 N–H and O–H groups in total. The normalized spacial score (nSPS) is 29.1. The maximum atomic E-state index is 3.51. The van der Waals surface area contributed by atoms with Crippen LogP contribution in [0.15, 0.2) is 30.3 Å². The molecule has 0 aliphatic heterocycles. The SMILES string of the molecule is CCNCC1(c2ccccc2)CC1CC. The van der Waals surface area contributed by atoms with Gasteiger partial charge >= 0.3 is 0 Å². The summed E-state index contributed by atoms with van der Waals surface area (Å²) in [5.41, 5.74) is 1.98. The molecule has 0 radical (unpaired) electrons. The number of hydrogen-bond donors (Lipinski definition) is 1. The van der Waals surface area contributed by atoms with Crippen molar-refractivity contribution in [1.82, 2.24) is 5.32 Å². The third-order valence-corrected chi connectivity index (χ3v) is 3.76. The lowest BCUT2D eigenvalue weighted by atomic mass is 9.92. The second kappa shape index (κ2) is 4.36. The highest BCUT2D eigenvalue weighted by atomic mass is 14.9. The predicted octanol–water partition coefficient (Wildman–Crippen LogP) is 2.96. The van der Waals surface area contributed by atoms with Gasteiger partial charge < -0.3 is 5.32 Å². The molecule has 15 heavy (non-hydrogen) atoms. The molecular formula is C14H21N. The van der Waals surface area contributed by atoms with E-state index < -0.39 is 0 Å². The molecule has 0 bridgehead atoms. The van der Waals surface area contributed by atoms with E-state index in [2.05, 4.69) is 49.5 Å². The molecule has 2 unspecified atom stereocenters. The van der Waals surface area contributed by atoms with Gasteiger partial charge in [-0.2, -0.15) is 0 Å². The Labute approximate surface area is 92.9 Å². The second-order valence-corrected chi connectivity index (χ2v) is 4.61.